The molecule has 0 heterocycles. The second-order valence-corrected chi connectivity index (χ2v) is 13.3. The summed E-state index contributed by atoms with van der Waals surface area (Å²) in [5.74, 6) is -0.391. The van der Waals surface area contributed by atoms with Gasteiger partial charge in [-0.1, -0.05) is 65.7 Å². The number of anilines is 1. The maximum atomic E-state index is 14.6. The summed E-state index contributed by atoms with van der Waals surface area (Å²) in [5.41, 5.74) is 1.52. The molecule has 1 atom stereocenters. The molecule has 0 aliphatic carbocycles. The van der Waals surface area contributed by atoms with Crippen LogP contribution >= 0.6 is 23.2 Å². The lowest BCUT2D eigenvalue weighted by atomic mass is 10.0. The van der Waals surface area contributed by atoms with Crippen molar-refractivity contribution in [3.05, 3.63) is 112 Å². The van der Waals surface area contributed by atoms with Crippen LogP contribution in [-0.2, 0) is 32.6 Å². The molecule has 0 saturated carbocycles. The molecular weight excluding hydrogens is 677 g/mol. The first kappa shape index (κ1) is 36.4. The maximum Gasteiger partial charge on any atom is 0.265 e. The number of amides is 2. The fourth-order valence-corrected chi connectivity index (χ4v) is 6.83. The van der Waals surface area contributed by atoms with E-state index in [2.05, 4.69) is 5.32 Å². The fraction of sp³-hybridized carbons (Fsp3) is 0.257. The smallest absolute Gasteiger partial charge is 0.265 e. The van der Waals surface area contributed by atoms with E-state index >= 15 is 0 Å². The predicted molar refractivity (Wildman–Crippen MR) is 187 cm³/mol. The Balaban J connectivity index is 1.87. The zero-order valence-electron chi connectivity index (χ0n) is 27.0. The zero-order chi connectivity index (χ0) is 34.8. The topological polar surface area (TPSA) is 114 Å². The van der Waals surface area contributed by atoms with Crippen molar-refractivity contribution in [1.29, 1.82) is 0 Å². The molecule has 0 saturated heterocycles. The number of hydrogen-bond donors (Lipinski definition) is 1. The zero-order valence-corrected chi connectivity index (χ0v) is 29.3. The number of hydrogen-bond acceptors (Lipinski definition) is 7. The minimum Gasteiger partial charge on any atom is -0.495 e. The van der Waals surface area contributed by atoms with Gasteiger partial charge < -0.3 is 24.4 Å². The second-order valence-electron chi connectivity index (χ2n) is 10.6. The van der Waals surface area contributed by atoms with E-state index in [-0.39, 0.29) is 40.1 Å². The van der Waals surface area contributed by atoms with E-state index in [1.54, 1.807) is 37.3 Å². The Morgan fingerprint density at radius 1 is 0.771 bits per heavy atom. The number of nitrogens with zero attached hydrogens (tertiary/aromatic N) is 2. The molecule has 4 aromatic rings. The van der Waals surface area contributed by atoms with E-state index in [1.165, 1.54) is 56.6 Å². The van der Waals surface area contributed by atoms with Crippen LogP contribution < -0.4 is 23.8 Å². The summed E-state index contributed by atoms with van der Waals surface area (Å²) in [6.45, 7) is 1.39. The fourth-order valence-electron chi connectivity index (χ4n) is 5.11. The minimum absolute atomic E-state index is 0.0123. The third-order valence-corrected chi connectivity index (χ3v) is 9.76. The van der Waals surface area contributed by atoms with E-state index in [1.807, 2.05) is 30.3 Å². The lowest BCUT2D eigenvalue weighted by Gasteiger charge is -2.34. The van der Waals surface area contributed by atoms with Crippen LogP contribution in [0.15, 0.2) is 95.9 Å². The van der Waals surface area contributed by atoms with Gasteiger partial charge in [-0.25, -0.2) is 8.42 Å². The first-order valence-corrected chi connectivity index (χ1v) is 17.2. The van der Waals surface area contributed by atoms with Gasteiger partial charge >= 0.3 is 0 Å². The van der Waals surface area contributed by atoms with Crippen molar-refractivity contribution >= 4 is 50.7 Å². The molecule has 0 bridgehead atoms. The van der Waals surface area contributed by atoms with E-state index in [9.17, 15) is 18.0 Å². The number of halogens is 2. The van der Waals surface area contributed by atoms with Crippen molar-refractivity contribution in [2.45, 2.75) is 30.8 Å². The molecule has 4 rings (SSSR count). The van der Waals surface area contributed by atoms with Gasteiger partial charge in [0.1, 0.15) is 18.3 Å². The van der Waals surface area contributed by atoms with E-state index in [0.717, 1.165) is 9.87 Å². The van der Waals surface area contributed by atoms with E-state index in [0.29, 0.717) is 22.9 Å². The highest BCUT2D eigenvalue weighted by atomic mass is 35.5. The van der Waals surface area contributed by atoms with Crippen LogP contribution in [0.4, 0.5) is 5.69 Å². The number of ether oxygens (including phenoxy) is 3. The first-order chi connectivity index (χ1) is 23.0. The van der Waals surface area contributed by atoms with Crippen molar-refractivity contribution < 1.29 is 32.2 Å². The first-order valence-electron chi connectivity index (χ1n) is 15.0. The van der Waals surface area contributed by atoms with Crippen LogP contribution in [-0.4, -0.2) is 65.6 Å². The Morgan fingerprint density at radius 2 is 1.40 bits per heavy atom. The van der Waals surface area contributed by atoms with E-state index in [4.69, 9.17) is 37.4 Å². The Bertz CT molecular complexity index is 1820. The molecule has 1 N–H and O–H groups in total. The molecule has 254 valence electrons. The number of sulfonamides is 1. The van der Waals surface area contributed by atoms with Crippen LogP contribution in [0, 0.1) is 0 Å². The molecule has 0 fully saturated rings. The maximum absolute atomic E-state index is 14.6. The number of rotatable bonds is 15. The molecule has 1 unspecified atom stereocenters. The molecule has 0 aliphatic rings. The molecular formula is C35H37Cl2N3O7S. The highest BCUT2D eigenvalue weighted by Crippen LogP contribution is 2.37. The summed E-state index contributed by atoms with van der Waals surface area (Å²) in [5, 5.41) is 3.55. The largest absolute Gasteiger partial charge is 0.495 e. The van der Waals surface area contributed by atoms with Crippen LogP contribution in [0.2, 0.25) is 10.0 Å². The summed E-state index contributed by atoms with van der Waals surface area (Å²) in [7, 11) is -0.286. The Hall–Kier alpha value is -4.45. The summed E-state index contributed by atoms with van der Waals surface area (Å²) >= 11 is 12.5. The van der Waals surface area contributed by atoms with Gasteiger partial charge in [-0.15, -0.1) is 0 Å². The van der Waals surface area contributed by atoms with Gasteiger partial charge in [-0.05, 0) is 60.5 Å². The average Bonchev–Trinajstić information content (AvgIpc) is 3.09. The Morgan fingerprint density at radius 3 is 2.02 bits per heavy atom. The summed E-state index contributed by atoms with van der Waals surface area (Å²) in [6, 6.07) is 23.7. The Kier molecular flexibility index (Phi) is 12.6. The second kappa shape index (κ2) is 16.6. The molecule has 13 heteroatoms. The van der Waals surface area contributed by atoms with Crippen molar-refractivity contribution in [1.82, 2.24) is 10.2 Å². The van der Waals surface area contributed by atoms with Crippen LogP contribution in [0.25, 0.3) is 0 Å². The lowest BCUT2D eigenvalue weighted by molar-refractivity contribution is -0.140. The van der Waals surface area contributed by atoms with Crippen LogP contribution in [0.5, 0.6) is 17.2 Å². The van der Waals surface area contributed by atoms with Gasteiger partial charge in [0.15, 0.2) is 11.5 Å². The van der Waals surface area contributed by atoms with Crippen molar-refractivity contribution in [3.8, 4) is 17.2 Å². The molecule has 0 spiro atoms. The van der Waals surface area contributed by atoms with Gasteiger partial charge in [0.05, 0.1) is 31.9 Å². The number of carbonyl (C=O) groups excluding carboxylic acids is 2. The third-order valence-electron chi connectivity index (χ3n) is 7.52. The standard InChI is InChI=1S/C35H37Cl2N3O7S/c1-5-38-35(42)30(19-24-9-7-6-8-10-24)39(22-25-11-13-26(36)14-12-25)34(41)23-40(29-20-27(37)15-17-31(29)45-2)48(43,44)28-16-18-32(46-3)33(21-28)47-4/h6-18,20-21,30H,5,19,22-23H2,1-4H3,(H,38,42). The highest BCUT2D eigenvalue weighted by Gasteiger charge is 2.36. The molecule has 0 aromatic heterocycles. The molecule has 4 aromatic carbocycles. The van der Waals surface area contributed by atoms with Crippen molar-refractivity contribution in [2.75, 3.05) is 38.7 Å². The normalized spacial score (nSPS) is 11.7. The lowest BCUT2D eigenvalue weighted by Crippen LogP contribution is -2.53. The van der Waals surface area contributed by atoms with Crippen LogP contribution in [0.3, 0.4) is 0 Å². The Labute approximate surface area is 291 Å². The number of methoxy groups -OCH3 is 3. The summed E-state index contributed by atoms with van der Waals surface area (Å²) in [4.78, 5) is 29.5. The quantitative estimate of drug-likeness (QED) is 0.161. The average molecular weight is 715 g/mol. The molecule has 10 nitrogen and oxygen atoms in total. The molecule has 2 amide bonds. The highest BCUT2D eigenvalue weighted by molar-refractivity contribution is 7.92. The third kappa shape index (κ3) is 8.71. The van der Waals surface area contributed by atoms with Crippen molar-refractivity contribution in [3.63, 3.8) is 0 Å². The summed E-state index contributed by atoms with van der Waals surface area (Å²) < 4.78 is 46.1. The number of likely N-dealkylation sites (N-methyl/N-ethyl adjacent to an activating group) is 1. The number of benzene rings is 4. The summed E-state index contributed by atoms with van der Waals surface area (Å²) in [6.07, 6.45) is 0.176. The van der Waals surface area contributed by atoms with E-state index < -0.39 is 34.4 Å². The van der Waals surface area contributed by atoms with Gasteiger partial charge in [0, 0.05) is 35.6 Å². The molecule has 0 radical (unpaired) electrons. The number of nitrogens with one attached hydrogen (secondary N) is 1. The minimum atomic E-state index is -4.49. The van der Waals surface area contributed by atoms with Gasteiger partial charge in [0.2, 0.25) is 11.8 Å². The predicted octanol–water partition coefficient (Wildman–Crippen LogP) is 5.99. The molecule has 0 aliphatic heterocycles. The van der Waals surface area contributed by atoms with Crippen LogP contribution in [0.1, 0.15) is 18.1 Å². The molecule has 48 heavy (non-hydrogen) atoms. The van der Waals surface area contributed by atoms with Gasteiger partial charge in [0.25, 0.3) is 10.0 Å². The van der Waals surface area contributed by atoms with Crippen molar-refractivity contribution in [2.24, 2.45) is 0 Å². The monoisotopic (exact) mass is 713 g/mol. The number of carbonyl (C=O) groups is 2. The SMILES string of the molecule is CCNC(=O)C(Cc1ccccc1)N(Cc1ccc(Cl)cc1)C(=O)CN(c1cc(Cl)ccc1OC)S(=O)(=O)c1ccc(OC)c(OC)c1. The van der Waals surface area contributed by atoms with Gasteiger partial charge in [-0.2, -0.15) is 0 Å². The van der Waals surface area contributed by atoms with Gasteiger partial charge in [-0.3, -0.25) is 13.9 Å².